The highest BCUT2D eigenvalue weighted by Crippen LogP contribution is 2.29. The van der Waals surface area contributed by atoms with Crippen molar-refractivity contribution in [1.82, 2.24) is 0 Å². The molecule has 0 amide bonds. The molecule has 0 radical (unpaired) electrons. The fourth-order valence-electron chi connectivity index (χ4n) is 2.81. The van der Waals surface area contributed by atoms with Crippen LogP contribution in [0, 0.1) is 0 Å². The lowest BCUT2D eigenvalue weighted by Crippen LogP contribution is -2.35. The van der Waals surface area contributed by atoms with Crippen molar-refractivity contribution in [3.8, 4) is 11.5 Å². The van der Waals surface area contributed by atoms with Crippen LogP contribution in [0.3, 0.4) is 0 Å². The summed E-state index contributed by atoms with van der Waals surface area (Å²) in [6, 6.07) is 24.6. The van der Waals surface area contributed by atoms with Gasteiger partial charge in [0, 0.05) is 11.9 Å². The number of carbonyl (C=O) groups excluding carboxylic acids is 1. The molecule has 0 aliphatic carbocycles. The van der Waals surface area contributed by atoms with Crippen LogP contribution in [0.15, 0.2) is 78.9 Å². The molecule has 3 aromatic carbocycles. The topological polar surface area (TPSA) is 44.8 Å². The minimum atomic E-state index is -0.797. The minimum absolute atomic E-state index is 0.119. The molecule has 0 fully saturated rings. The molecule has 0 saturated heterocycles. The summed E-state index contributed by atoms with van der Waals surface area (Å²) in [4.78, 5) is 11.3. The van der Waals surface area contributed by atoms with Crippen molar-refractivity contribution in [2.24, 2.45) is 0 Å². The first-order valence-corrected chi connectivity index (χ1v) is 9.68. The van der Waals surface area contributed by atoms with Gasteiger partial charge in [-0.3, -0.25) is 4.79 Å². The predicted molar refractivity (Wildman–Crippen MR) is 113 cm³/mol. The third kappa shape index (κ3) is 6.00. The summed E-state index contributed by atoms with van der Waals surface area (Å²) in [5.41, 5.74) is 1.14. The molecule has 5 heteroatoms. The Labute approximate surface area is 176 Å². The highest BCUT2D eigenvalue weighted by molar-refractivity contribution is 6.30. The van der Waals surface area contributed by atoms with Crippen molar-refractivity contribution >= 4 is 17.6 Å². The van der Waals surface area contributed by atoms with E-state index in [1.54, 1.807) is 12.1 Å². The zero-order chi connectivity index (χ0) is 20.7. The minimum Gasteiger partial charge on any atom is -0.489 e. The van der Waals surface area contributed by atoms with Gasteiger partial charge in [-0.15, -0.1) is 0 Å². The third-order valence-electron chi connectivity index (χ3n) is 4.42. The summed E-state index contributed by atoms with van der Waals surface area (Å²) in [5, 5.41) is 0.675. The molecule has 0 aliphatic heterocycles. The van der Waals surface area contributed by atoms with Gasteiger partial charge in [0.15, 0.2) is 5.60 Å². The van der Waals surface area contributed by atoms with Crippen LogP contribution in [0.25, 0.3) is 0 Å². The number of esters is 1. The lowest BCUT2D eigenvalue weighted by atomic mass is 9.96. The maximum atomic E-state index is 11.3. The molecule has 150 valence electrons. The first-order valence-electron chi connectivity index (χ1n) is 9.30. The van der Waals surface area contributed by atoms with E-state index >= 15 is 0 Å². The molecule has 0 aliphatic rings. The lowest BCUT2D eigenvalue weighted by molar-refractivity contribution is -0.147. The van der Waals surface area contributed by atoms with Gasteiger partial charge in [-0.05, 0) is 54.4 Å². The van der Waals surface area contributed by atoms with E-state index in [1.165, 1.54) is 6.92 Å². The highest BCUT2D eigenvalue weighted by Gasteiger charge is 2.30. The summed E-state index contributed by atoms with van der Waals surface area (Å²) in [6.45, 7) is 3.85. The first-order chi connectivity index (χ1) is 13.9. The van der Waals surface area contributed by atoms with Gasteiger partial charge in [0.25, 0.3) is 0 Å². The Morgan fingerprint density at radius 3 is 2.14 bits per heavy atom. The van der Waals surface area contributed by atoms with Gasteiger partial charge in [0.05, 0.1) is 0 Å². The van der Waals surface area contributed by atoms with E-state index in [4.69, 9.17) is 25.8 Å². The molecule has 0 bridgehead atoms. The Hall–Kier alpha value is -2.98. The predicted octanol–water partition coefficient (Wildman–Crippen LogP) is 5.78. The number of hydrogen-bond donors (Lipinski definition) is 0. The summed E-state index contributed by atoms with van der Waals surface area (Å²) < 4.78 is 17.3. The van der Waals surface area contributed by atoms with Gasteiger partial charge in [0.1, 0.15) is 24.7 Å². The van der Waals surface area contributed by atoms with Gasteiger partial charge in [-0.1, -0.05) is 54.1 Å². The number of rotatable bonds is 8. The molecule has 3 aromatic rings. The van der Waals surface area contributed by atoms with Crippen molar-refractivity contribution in [2.45, 2.75) is 26.1 Å². The van der Waals surface area contributed by atoms with E-state index in [1.807, 2.05) is 73.7 Å². The molecule has 1 unspecified atom stereocenters. The van der Waals surface area contributed by atoms with Crippen molar-refractivity contribution in [2.75, 3.05) is 6.61 Å². The van der Waals surface area contributed by atoms with Crippen LogP contribution in [0.4, 0.5) is 0 Å². The Morgan fingerprint density at radius 2 is 1.52 bits per heavy atom. The standard InChI is InChI=1S/C24H23ClO4/c1-18(26)28-17-24(2,20-6-4-3-5-7-20)29-23-12-8-19(9-13-23)16-27-22-14-10-21(25)11-15-22/h3-15H,16-17H2,1-2H3. The van der Waals surface area contributed by atoms with Crippen LogP contribution < -0.4 is 9.47 Å². The Bertz CT molecular complexity index is 923. The van der Waals surface area contributed by atoms with E-state index in [2.05, 4.69) is 0 Å². The van der Waals surface area contributed by atoms with E-state index < -0.39 is 5.60 Å². The molecule has 0 heterocycles. The molecule has 0 N–H and O–H groups in total. The van der Waals surface area contributed by atoms with Crippen LogP contribution >= 0.6 is 11.6 Å². The van der Waals surface area contributed by atoms with E-state index in [0.717, 1.165) is 16.9 Å². The molecule has 3 rings (SSSR count). The molecule has 0 spiro atoms. The zero-order valence-electron chi connectivity index (χ0n) is 16.4. The molecule has 29 heavy (non-hydrogen) atoms. The van der Waals surface area contributed by atoms with Crippen molar-refractivity contribution in [1.29, 1.82) is 0 Å². The number of carbonyl (C=O) groups is 1. The van der Waals surface area contributed by atoms with Crippen LogP contribution in [0.2, 0.25) is 5.02 Å². The zero-order valence-corrected chi connectivity index (χ0v) is 17.2. The maximum Gasteiger partial charge on any atom is 0.302 e. The summed E-state index contributed by atoms with van der Waals surface area (Å²) in [6.07, 6.45) is 0. The van der Waals surface area contributed by atoms with E-state index in [0.29, 0.717) is 17.4 Å². The van der Waals surface area contributed by atoms with Gasteiger partial charge in [-0.25, -0.2) is 0 Å². The quantitative estimate of drug-likeness (QED) is 0.442. The first kappa shape index (κ1) is 20.7. The highest BCUT2D eigenvalue weighted by atomic mass is 35.5. The molecule has 1 atom stereocenters. The van der Waals surface area contributed by atoms with Crippen LogP contribution in [0.5, 0.6) is 11.5 Å². The second-order valence-electron chi connectivity index (χ2n) is 6.87. The largest absolute Gasteiger partial charge is 0.489 e. The molecular formula is C24H23ClO4. The second kappa shape index (κ2) is 9.48. The second-order valence-corrected chi connectivity index (χ2v) is 7.30. The summed E-state index contributed by atoms with van der Waals surface area (Å²) >= 11 is 5.89. The SMILES string of the molecule is CC(=O)OCC(C)(Oc1ccc(COc2ccc(Cl)cc2)cc1)c1ccccc1. The lowest BCUT2D eigenvalue weighted by Gasteiger charge is -2.30. The Morgan fingerprint density at radius 1 is 0.897 bits per heavy atom. The summed E-state index contributed by atoms with van der Waals surface area (Å²) in [7, 11) is 0. The number of ether oxygens (including phenoxy) is 3. The molecule has 0 aromatic heterocycles. The Kier molecular flexibility index (Phi) is 6.78. The fourth-order valence-corrected chi connectivity index (χ4v) is 2.94. The van der Waals surface area contributed by atoms with Gasteiger partial charge >= 0.3 is 5.97 Å². The number of hydrogen-bond acceptors (Lipinski definition) is 4. The normalized spacial score (nSPS) is 12.7. The van der Waals surface area contributed by atoms with Crippen molar-refractivity contribution in [3.63, 3.8) is 0 Å². The molecule has 4 nitrogen and oxygen atoms in total. The fraction of sp³-hybridized carbons (Fsp3) is 0.208. The summed E-state index contributed by atoms with van der Waals surface area (Å²) in [5.74, 6) is 1.09. The smallest absolute Gasteiger partial charge is 0.302 e. The van der Waals surface area contributed by atoms with Crippen LogP contribution in [-0.4, -0.2) is 12.6 Å². The van der Waals surface area contributed by atoms with Crippen LogP contribution in [0.1, 0.15) is 25.0 Å². The third-order valence-corrected chi connectivity index (χ3v) is 4.67. The number of benzene rings is 3. The number of halogens is 1. The molecule has 0 saturated carbocycles. The monoisotopic (exact) mass is 410 g/mol. The van der Waals surface area contributed by atoms with Crippen molar-refractivity contribution < 1.29 is 19.0 Å². The van der Waals surface area contributed by atoms with Crippen LogP contribution in [-0.2, 0) is 21.7 Å². The molecular weight excluding hydrogens is 388 g/mol. The van der Waals surface area contributed by atoms with E-state index in [9.17, 15) is 4.79 Å². The average molecular weight is 411 g/mol. The maximum absolute atomic E-state index is 11.3. The Balaban J connectivity index is 1.68. The van der Waals surface area contributed by atoms with Gasteiger partial charge in [-0.2, -0.15) is 0 Å². The van der Waals surface area contributed by atoms with E-state index in [-0.39, 0.29) is 12.6 Å². The average Bonchev–Trinajstić information content (AvgIpc) is 2.74. The van der Waals surface area contributed by atoms with Crippen molar-refractivity contribution in [3.05, 3.63) is 95.0 Å². The van der Waals surface area contributed by atoms with Gasteiger partial charge in [0.2, 0.25) is 0 Å². The van der Waals surface area contributed by atoms with Gasteiger partial charge < -0.3 is 14.2 Å².